The number of nitrogens with zero attached hydrogens (tertiary/aromatic N) is 6. The summed E-state index contributed by atoms with van der Waals surface area (Å²) in [5.74, 6) is 1.34. The topological polar surface area (TPSA) is 76.8 Å². The summed E-state index contributed by atoms with van der Waals surface area (Å²) in [6.45, 7) is 3.06. The van der Waals surface area contributed by atoms with E-state index in [1.165, 1.54) is 0 Å². The van der Waals surface area contributed by atoms with Crippen LogP contribution in [0.15, 0.2) is 36.7 Å². The van der Waals surface area contributed by atoms with Crippen molar-refractivity contribution in [3.8, 4) is 10.8 Å². The van der Waals surface area contributed by atoms with Crippen molar-refractivity contribution in [1.82, 2.24) is 29.6 Å². The maximum absolute atomic E-state index is 13.0. The van der Waals surface area contributed by atoms with Gasteiger partial charge in [-0.15, -0.1) is 21.5 Å². The molecule has 1 aromatic carbocycles. The first-order chi connectivity index (χ1) is 14.0. The molecule has 0 unspecified atom stereocenters. The van der Waals surface area contributed by atoms with Gasteiger partial charge in [0, 0.05) is 24.8 Å². The SMILES string of the molecule is C[C@@H]1c2nnc(-c3nc4cnccc4s3)n2CCN1C(=O)c1ccc(Cl)c(Cl)c1. The number of fused-ring (bicyclic) bond motifs is 2. The molecule has 4 aromatic rings. The van der Waals surface area contributed by atoms with E-state index in [4.69, 9.17) is 23.2 Å². The summed E-state index contributed by atoms with van der Waals surface area (Å²) in [6, 6.07) is 6.61. The maximum Gasteiger partial charge on any atom is 0.254 e. The molecular formula is C19H14Cl2N6OS. The Hall–Kier alpha value is -2.55. The fourth-order valence-electron chi connectivity index (χ4n) is 3.49. The molecule has 1 atom stereocenters. The molecule has 10 heteroatoms. The predicted molar refractivity (Wildman–Crippen MR) is 112 cm³/mol. The zero-order valence-corrected chi connectivity index (χ0v) is 17.5. The Bertz CT molecular complexity index is 1220. The van der Waals surface area contributed by atoms with Gasteiger partial charge in [-0.25, -0.2) is 4.98 Å². The first-order valence-corrected chi connectivity index (χ1v) is 10.5. The summed E-state index contributed by atoms with van der Waals surface area (Å²) in [7, 11) is 0. The molecule has 5 rings (SSSR count). The third-order valence-corrected chi connectivity index (χ3v) is 6.77. The Kier molecular flexibility index (Phi) is 4.49. The van der Waals surface area contributed by atoms with Crippen LogP contribution < -0.4 is 0 Å². The van der Waals surface area contributed by atoms with Crippen molar-refractivity contribution in [3.05, 3.63) is 58.1 Å². The van der Waals surface area contributed by atoms with Crippen LogP contribution in [0, 0.1) is 0 Å². The van der Waals surface area contributed by atoms with E-state index in [0.717, 1.165) is 26.9 Å². The predicted octanol–water partition coefficient (Wildman–Crippen LogP) is 4.47. The van der Waals surface area contributed by atoms with Gasteiger partial charge in [0.1, 0.15) is 5.52 Å². The third kappa shape index (κ3) is 3.08. The maximum atomic E-state index is 13.0. The first-order valence-electron chi connectivity index (χ1n) is 8.93. The number of benzene rings is 1. The fourth-order valence-corrected chi connectivity index (χ4v) is 4.72. The van der Waals surface area contributed by atoms with Crippen LogP contribution in [0.2, 0.25) is 10.0 Å². The molecule has 1 aliphatic rings. The minimum Gasteiger partial charge on any atom is -0.327 e. The molecule has 0 fully saturated rings. The molecule has 1 amide bonds. The van der Waals surface area contributed by atoms with Crippen LogP contribution in [-0.2, 0) is 6.54 Å². The number of thiazole rings is 1. The van der Waals surface area contributed by atoms with Gasteiger partial charge in [0.25, 0.3) is 5.91 Å². The minimum atomic E-state index is -0.233. The van der Waals surface area contributed by atoms with Gasteiger partial charge in [-0.3, -0.25) is 9.78 Å². The van der Waals surface area contributed by atoms with E-state index in [1.807, 2.05) is 17.6 Å². The van der Waals surface area contributed by atoms with E-state index < -0.39 is 0 Å². The largest absolute Gasteiger partial charge is 0.327 e. The average molecular weight is 445 g/mol. The molecule has 146 valence electrons. The molecular weight excluding hydrogens is 431 g/mol. The van der Waals surface area contributed by atoms with Gasteiger partial charge >= 0.3 is 0 Å². The Morgan fingerprint density at radius 3 is 2.83 bits per heavy atom. The number of aromatic nitrogens is 5. The van der Waals surface area contributed by atoms with Gasteiger partial charge in [-0.2, -0.15) is 0 Å². The molecule has 0 spiro atoms. The van der Waals surface area contributed by atoms with Gasteiger partial charge in [0.2, 0.25) is 0 Å². The van der Waals surface area contributed by atoms with Gasteiger partial charge in [-0.05, 0) is 31.2 Å². The van der Waals surface area contributed by atoms with Crippen LogP contribution in [0.3, 0.4) is 0 Å². The Morgan fingerprint density at radius 2 is 2.03 bits per heavy atom. The van der Waals surface area contributed by atoms with Crippen molar-refractivity contribution in [3.63, 3.8) is 0 Å². The molecule has 29 heavy (non-hydrogen) atoms. The molecule has 0 saturated carbocycles. The van der Waals surface area contributed by atoms with Crippen LogP contribution in [-0.4, -0.2) is 42.1 Å². The molecule has 0 saturated heterocycles. The molecule has 0 radical (unpaired) electrons. The van der Waals surface area contributed by atoms with Crippen LogP contribution in [0.5, 0.6) is 0 Å². The summed E-state index contributed by atoms with van der Waals surface area (Å²) in [5.41, 5.74) is 1.34. The highest BCUT2D eigenvalue weighted by Gasteiger charge is 2.32. The summed E-state index contributed by atoms with van der Waals surface area (Å²) in [5, 5.41) is 10.3. The second kappa shape index (κ2) is 7.05. The average Bonchev–Trinajstić information content (AvgIpc) is 3.34. The zero-order chi connectivity index (χ0) is 20.1. The van der Waals surface area contributed by atoms with Crippen molar-refractivity contribution < 1.29 is 4.79 Å². The summed E-state index contributed by atoms with van der Waals surface area (Å²) in [4.78, 5) is 23.5. The Morgan fingerprint density at radius 1 is 1.17 bits per heavy atom. The second-order valence-corrected chi connectivity index (χ2v) is 8.54. The van der Waals surface area contributed by atoms with E-state index in [9.17, 15) is 4.79 Å². The van der Waals surface area contributed by atoms with Crippen LogP contribution in [0.1, 0.15) is 29.1 Å². The standard InChI is InChI=1S/C19H14Cl2N6OS/c1-10-16-24-25-17(18-23-14-9-22-5-4-15(14)29-18)27(16)7-6-26(10)19(28)11-2-3-12(20)13(21)8-11/h2-5,8-10H,6-7H2,1H3/t10-/m1/s1. The van der Waals surface area contributed by atoms with E-state index in [-0.39, 0.29) is 11.9 Å². The summed E-state index contributed by atoms with van der Waals surface area (Å²) in [6.07, 6.45) is 3.49. The number of carbonyl (C=O) groups is 1. The number of halogens is 2. The Labute approximate surface area is 179 Å². The number of hydrogen-bond acceptors (Lipinski definition) is 6. The second-order valence-electron chi connectivity index (χ2n) is 6.70. The first kappa shape index (κ1) is 18.5. The lowest BCUT2D eigenvalue weighted by Crippen LogP contribution is -2.41. The third-order valence-electron chi connectivity index (χ3n) is 4.99. The fraction of sp³-hybridized carbons (Fsp3) is 0.211. The molecule has 0 bridgehead atoms. The summed E-state index contributed by atoms with van der Waals surface area (Å²) < 4.78 is 3.08. The van der Waals surface area contributed by atoms with Crippen LogP contribution in [0.4, 0.5) is 0 Å². The highest BCUT2D eigenvalue weighted by atomic mass is 35.5. The smallest absolute Gasteiger partial charge is 0.254 e. The minimum absolute atomic E-state index is 0.113. The molecule has 1 aliphatic heterocycles. The Balaban J connectivity index is 1.47. The van der Waals surface area contributed by atoms with Crippen LogP contribution in [0.25, 0.3) is 21.0 Å². The van der Waals surface area contributed by atoms with E-state index in [0.29, 0.717) is 28.7 Å². The number of amides is 1. The molecule has 0 aliphatic carbocycles. The molecule has 3 aromatic heterocycles. The lowest BCUT2D eigenvalue weighted by atomic mass is 10.1. The quantitative estimate of drug-likeness (QED) is 0.455. The van der Waals surface area contributed by atoms with E-state index >= 15 is 0 Å². The molecule has 4 heterocycles. The van der Waals surface area contributed by atoms with Gasteiger partial charge in [-0.1, -0.05) is 23.2 Å². The molecule has 7 nitrogen and oxygen atoms in total. The lowest BCUT2D eigenvalue weighted by Gasteiger charge is -2.33. The highest BCUT2D eigenvalue weighted by Crippen LogP contribution is 2.33. The van der Waals surface area contributed by atoms with Crippen molar-refractivity contribution in [1.29, 1.82) is 0 Å². The van der Waals surface area contributed by atoms with Gasteiger partial charge in [0.05, 0.1) is 27.0 Å². The van der Waals surface area contributed by atoms with Crippen molar-refractivity contribution in [2.75, 3.05) is 6.54 Å². The number of hydrogen-bond donors (Lipinski definition) is 0. The van der Waals surface area contributed by atoms with Gasteiger partial charge in [0.15, 0.2) is 16.7 Å². The van der Waals surface area contributed by atoms with Crippen molar-refractivity contribution in [2.24, 2.45) is 0 Å². The van der Waals surface area contributed by atoms with Crippen LogP contribution >= 0.6 is 34.5 Å². The lowest BCUT2D eigenvalue weighted by molar-refractivity contribution is 0.0638. The van der Waals surface area contributed by atoms with Gasteiger partial charge < -0.3 is 9.47 Å². The summed E-state index contributed by atoms with van der Waals surface area (Å²) >= 11 is 13.6. The normalized spacial score (nSPS) is 16.2. The van der Waals surface area contributed by atoms with E-state index in [1.54, 1.807) is 46.8 Å². The number of rotatable bonds is 2. The monoisotopic (exact) mass is 444 g/mol. The number of carbonyl (C=O) groups excluding carboxylic acids is 1. The molecule has 0 N–H and O–H groups in total. The zero-order valence-electron chi connectivity index (χ0n) is 15.2. The highest BCUT2D eigenvalue weighted by molar-refractivity contribution is 7.21. The van der Waals surface area contributed by atoms with Crippen molar-refractivity contribution in [2.45, 2.75) is 19.5 Å². The van der Waals surface area contributed by atoms with E-state index in [2.05, 4.69) is 20.2 Å². The number of pyridine rings is 1. The van der Waals surface area contributed by atoms with Crippen molar-refractivity contribution >= 4 is 50.7 Å².